The number of nitrogens with zero attached hydrogens (tertiary/aromatic N) is 2. The summed E-state index contributed by atoms with van der Waals surface area (Å²) in [7, 11) is 0. The van der Waals surface area contributed by atoms with Crippen LogP contribution in [0.2, 0.25) is 0 Å². The molecule has 2 aromatic carbocycles. The van der Waals surface area contributed by atoms with Crippen molar-refractivity contribution in [1.82, 2.24) is 10.1 Å². The minimum atomic E-state index is -0.648. The second-order valence-electron chi connectivity index (χ2n) is 7.90. The molecule has 0 amide bonds. The van der Waals surface area contributed by atoms with Gasteiger partial charge in [-0.05, 0) is 36.1 Å². The number of phenols is 1. The Morgan fingerprint density at radius 3 is 2.43 bits per heavy atom. The van der Waals surface area contributed by atoms with Crippen LogP contribution in [0.15, 0.2) is 56.2 Å². The molecule has 6 heteroatoms. The van der Waals surface area contributed by atoms with Crippen molar-refractivity contribution in [3.63, 3.8) is 0 Å². The first kappa shape index (κ1) is 18.0. The lowest BCUT2D eigenvalue weighted by atomic mass is 9.86. The Hall–Kier alpha value is -3.41. The number of rotatable bonds is 2. The average Bonchev–Trinajstić information content (AvgIpc) is 3.11. The van der Waals surface area contributed by atoms with Crippen LogP contribution in [-0.4, -0.2) is 15.2 Å². The summed E-state index contributed by atoms with van der Waals surface area (Å²) in [6, 6.07) is 12.8. The first-order chi connectivity index (χ1) is 13.2. The topological polar surface area (TPSA) is 89.4 Å². The Morgan fingerprint density at radius 2 is 1.75 bits per heavy atom. The van der Waals surface area contributed by atoms with Gasteiger partial charge in [0.2, 0.25) is 5.82 Å². The summed E-state index contributed by atoms with van der Waals surface area (Å²) in [5, 5.41) is 14.9. The van der Waals surface area contributed by atoms with Gasteiger partial charge in [-0.1, -0.05) is 55.8 Å². The maximum absolute atomic E-state index is 12.5. The Bertz CT molecular complexity index is 1230. The molecule has 6 nitrogen and oxygen atoms in total. The molecule has 0 spiro atoms. The minimum absolute atomic E-state index is 0.0723. The third kappa shape index (κ3) is 3.17. The number of hydrogen-bond donors (Lipinski definition) is 1. The van der Waals surface area contributed by atoms with Crippen LogP contribution in [0, 0.1) is 6.92 Å². The highest BCUT2D eigenvalue weighted by molar-refractivity contribution is 5.86. The van der Waals surface area contributed by atoms with Crippen LogP contribution in [0.3, 0.4) is 0 Å². The van der Waals surface area contributed by atoms with E-state index in [0.29, 0.717) is 11.2 Å². The molecule has 1 N–H and O–H groups in total. The molecule has 2 aromatic heterocycles. The quantitative estimate of drug-likeness (QED) is 0.504. The van der Waals surface area contributed by atoms with Crippen molar-refractivity contribution < 1.29 is 14.0 Å². The van der Waals surface area contributed by atoms with Gasteiger partial charge in [0.05, 0.1) is 0 Å². The summed E-state index contributed by atoms with van der Waals surface area (Å²) in [6.07, 6.45) is 0. The molecular formula is C22H20N2O4. The first-order valence-electron chi connectivity index (χ1n) is 8.95. The van der Waals surface area contributed by atoms with Gasteiger partial charge in [0.1, 0.15) is 5.56 Å². The third-order valence-corrected chi connectivity index (χ3v) is 4.64. The summed E-state index contributed by atoms with van der Waals surface area (Å²) >= 11 is 0. The second kappa shape index (κ2) is 6.34. The van der Waals surface area contributed by atoms with Crippen molar-refractivity contribution in [2.75, 3.05) is 0 Å². The number of aryl methyl sites for hydroxylation is 1. The van der Waals surface area contributed by atoms with E-state index in [9.17, 15) is 9.90 Å². The van der Waals surface area contributed by atoms with Gasteiger partial charge >= 0.3 is 5.63 Å². The van der Waals surface area contributed by atoms with Crippen LogP contribution in [0.25, 0.3) is 33.8 Å². The van der Waals surface area contributed by atoms with Crippen LogP contribution in [-0.2, 0) is 5.41 Å². The van der Waals surface area contributed by atoms with E-state index in [1.165, 1.54) is 0 Å². The summed E-state index contributed by atoms with van der Waals surface area (Å²) in [6.45, 7) is 8.12. The van der Waals surface area contributed by atoms with Gasteiger partial charge in [0, 0.05) is 10.9 Å². The molecule has 0 aliphatic heterocycles. The van der Waals surface area contributed by atoms with E-state index in [1.807, 2.05) is 58.0 Å². The zero-order valence-electron chi connectivity index (χ0n) is 16.1. The van der Waals surface area contributed by atoms with Gasteiger partial charge in [0.15, 0.2) is 11.3 Å². The number of aromatic nitrogens is 2. The highest BCUT2D eigenvalue weighted by Gasteiger charge is 2.20. The minimum Gasteiger partial charge on any atom is -0.504 e. The molecule has 4 aromatic rings. The maximum atomic E-state index is 12.5. The van der Waals surface area contributed by atoms with Crippen molar-refractivity contribution in [2.24, 2.45) is 0 Å². The lowest BCUT2D eigenvalue weighted by Gasteiger charge is -2.19. The molecule has 4 rings (SSSR count). The van der Waals surface area contributed by atoms with Crippen molar-refractivity contribution in [1.29, 1.82) is 0 Å². The largest absolute Gasteiger partial charge is 0.504 e. The van der Waals surface area contributed by atoms with Crippen molar-refractivity contribution >= 4 is 11.0 Å². The molecule has 0 aliphatic rings. The van der Waals surface area contributed by atoms with E-state index < -0.39 is 5.63 Å². The summed E-state index contributed by atoms with van der Waals surface area (Å²) in [5.74, 6) is 0.393. The van der Waals surface area contributed by atoms with Crippen molar-refractivity contribution in [3.05, 3.63) is 64.0 Å². The van der Waals surface area contributed by atoms with E-state index in [-0.39, 0.29) is 28.2 Å². The smallest absolute Gasteiger partial charge is 0.349 e. The molecule has 0 fully saturated rings. The monoisotopic (exact) mass is 376 g/mol. The fourth-order valence-corrected chi connectivity index (χ4v) is 2.95. The lowest BCUT2D eigenvalue weighted by molar-refractivity contribution is 0.427. The van der Waals surface area contributed by atoms with Gasteiger partial charge in [-0.25, -0.2) is 4.79 Å². The van der Waals surface area contributed by atoms with E-state index in [2.05, 4.69) is 10.1 Å². The number of hydrogen-bond acceptors (Lipinski definition) is 6. The Labute approximate surface area is 161 Å². The highest BCUT2D eigenvalue weighted by Crippen LogP contribution is 2.33. The van der Waals surface area contributed by atoms with Crippen molar-refractivity contribution in [2.45, 2.75) is 33.1 Å². The van der Waals surface area contributed by atoms with Crippen LogP contribution in [0.4, 0.5) is 0 Å². The summed E-state index contributed by atoms with van der Waals surface area (Å²) in [4.78, 5) is 16.8. The van der Waals surface area contributed by atoms with Crippen molar-refractivity contribution in [3.8, 4) is 28.6 Å². The van der Waals surface area contributed by atoms with E-state index in [4.69, 9.17) is 8.94 Å². The average molecular weight is 376 g/mol. The standard InChI is InChI=1S/C22H20N2O4/c1-12-5-7-13(8-6-12)19-23-20(28-24-19)16-10-14-9-15(22(2,3)4)11-17(25)18(14)27-21(16)26/h5-11,25H,1-4H3. The molecule has 0 atom stereocenters. The van der Waals surface area contributed by atoms with Crippen LogP contribution >= 0.6 is 0 Å². The predicted octanol–water partition coefficient (Wildman–Crippen LogP) is 4.82. The van der Waals surface area contributed by atoms with Gasteiger partial charge in [0.25, 0.3) is 5.89 Å². The second-order valence-corrected chi connectivity index (χ2v) is 7.90. The fourth-order valence-electron chi connectivity index (χ4n) is 2.95. The molecule has 0 radical (unpaired) electrons. The number of fused-ring (bicyclic) bond motifs is 1. The highest BCUT2D eigenvalue weighted by atomic mass is 16.5. The summed E-state index contributed by atoms with van der Waals surface area (Å²) < 4.78 is 10.7. The molecular weight excluding hydrogens is 356 g/mol. The third-order valence-electron chi connectivity index (χ3n) is 4.64. The number of aromatic hydroxyl groups is 1. The van der Waals surface area contributed by atoms with Gasteiger partial charge in [-0.2, -0.15) is 4.98 Å². The zero-order chi connectivity index (χ0) is 20.1. The van der Waals surface area contributed by atoms with Crippen LogP contribution < -0.4 is 5.63 Å². The number of phenolic OH excluding ortho intramolecular Hbond substituents is 1. The Kier molecular flexibility index (Phi) is 4.07. The van der Waals surface area contributed by atoms with Crippen LogP contribution in [0.5, 0.6) is 5.75 Å². The molecule has 0 bridgehead atoms. The van der Waals surface area contributed by atoms with E-state index in [0.717, 1.165) is 16.7 Å². The van der Waals surface area contributed by atoms with E-state index >= 15 is 0 Å². The first-order valence-corrected chi connectivity index (χ1v) is 8.95. The normalized spacial score (nSPS) is 11.9. The van der Waals surface area contributed by atoms with E-state index in [1.54, 1.807) is 12.1 Å². The SMILES string of the molecule is Cc1ccc(-c2noc(-c3cc4cc(C(C)(C)C)cc(O)c4oc3=O)n2)cc1. The van der Waals surface area contributed by atoms with Crippen LogP contribution in [0.1, 0.15) is 31.9 Å². The zero-order valence-corrected chi connectivity index (χ0v) is 16.1. The molecule has 0 unspecified atom stereocenters. The molecule has 0 saturated heterocycles. The molecule has 28 heavy (non-hydrogen) atoms. The molecule has 2 heterocycles. The summed E-state index contributed by atoms with van der Waals surface area (Å²) in [5.41, 5.74) is 2.30. The maximum Gasteiger partial charge on any atom is 0.349 e. The Morgan fingerprint density at radius 1 is 1.04 bits per heavy atom. The Balaban J connectivity index is 1.84. The molecule has 142 valence electrons. The van der Waals surface area contributed by atoms with Gasteiger partial charge < -0.3 is 14.0 Å². The predicted molar refractivity (Wildman–Crippen MR) is 106 cm³/mol. The fraction of sp³-hybridized carbons (Fsp3) is 0.227. The number of benzene rings is 2. The lowest BCUT2D eigenvalue weighted by Crippen LogP contribution is -2.11. The van der Waals surface area contributed by atoms with Gasteiger partial charge in [-0.3, -0.25) is 0 Å². The molecule has 0 saturated carbocycles. The van der Waals surface area contributed by atoms with Gasteiger partial charge in [-0.15, -0.1) is 0 Å². The molecule has 0 aliphatic carbocycles.